The monoisotopic (exact) mass is 319 g/mol. The Balaban J connectivity index is 1.82. The van der Waals surface area contributed by atoms with E-state index in [2.05, 4.69) is 27.4 Å². The van der Waals surface area contributed by atoms with Crippen LogP contribution in [0, 0.1) is 5.82 Å². The molecule has 0 aliphatic carbocycles. The molecule has 0 atom stereocenters. The van der Waals surface area contributed by atoms with Gasteiger partial charge < -0.3 is 20.1 Å². The van der Waals surface area contributed by atoms with E-state index in [9.17, 15) is 9.18 Å². The molecule has 0 saturated heterocycles. The Morgan fingerprint density at radius 2 is 2.22 bits per heavy atom. The Bertz CT molecular complexity index is 629. The van der Waals surface area contributed by atoms with Crippen molar-refractivity contribution in [3.63, 3.8) is 0 Å². The Hall–Kier alpha value is -2.41. The SMILES string of the molecule is CCN(C)CCNC(=O)NCc1ccc(-n2ccnc2)c(F)c1. The fourth-order valence-electron chi connectivity index (χ4n) is 2.03. The number of urea groups is 1. The molecule has 2 aromatic rings. The average Bonchev–Trinajstić information content (AvgIpc) is 3.07. The van der Waals surface area contributed by atoms with E-state index in [4.69, 9.17) is 0 Å². The summed E-state index contributed by atoms with van der Waals surface area (Å²) in [5.74, 6) is -0.354. The normalized spacial score (nSPS) is 10.8. The number of rotatable bonds is 7. The number of amides is 2. The third-order valence-corrected chi connectivity index (χ3v) is 3.57. The number of aromatic nitrogens is 2. The molecule has 0 radical (unpaired) electrons. The zero-order valence-electron chi connectivity index (χ0n) is 13.4. The number of nitrogens with zero attached hydrogens (tertiary/aromatic N) is 3. The van der Waals surface area contributed by atoms with Gasteiger partial charge in [-0.3, -0.25) is 0 Å². The predicted molar refractivity (Wildman–Crippen MR) is 86.9 cm³/mol. The summed E-state index contributed by atoms with van der Waals surface area (Å²) in [6.45, 7) is 4.63. The van der Waals surface area contributed by atoms with E-state index in [0.717, 1.165) is 13.1 Å². The van der Waals surface area contributed by atoms with Gasteiger partial charge in [0.25, 0.3) is 0 Å². The molecule has 0 aliphatic rings. The van der Waals surface area contributed by atoms with Gasteiger partial charge in [-0.15, -0.1) is 0 Å². The molecule has 0 saturated carbocycles. The van der Waals surface area contributed by atoms with Crippen LogP contribution in [0.2, 0.25) is 0 Å². The summed E-state index contributed by atoms with van der Waals surface area (Å²) in [5.41, 5.74) is 1.13. The Morgan fingerprint density at radius 3 is 2.87 bits per heavy atom. The minimum absolute atomic E-state index is 0.256. The number of benzene rings is 1. The lowest BCUT2D eigenvalue weighted by molar-refractivity contribution is 0.238. The molecule has 2 N–H and O–H groups in total. The van der Waals surface area contributed by atoms with E-state index in [-0.39, 0.29) is 18.4 Å². The molecule has 23 heavy (non-hydrogen) atoms. The molecular formula is C16H22FN5O. The second-order valence-corrected chi connectivity index (χ2v) is 5.26. The van der Waals surface area contributed by atoms with Crippen LogP contribution in [0.3, 0.4) is 0 Å². The summed E-state index contributed by atoms with van der Waals surface area (Å²) in [4.78, 5) is 17.7. The zero-order valence-corrected chi connectivity index (χ0v) is 13.4. The minimum atomic E-state index is -0.354. The van der Waals surface area contributed by atoms with E-state index in [0.29, 0.717) is 17.8 Å². The maximum Gasteiger partial charge on any atom is 0.315 e. The largest absolute Gasteiger partial charge is 0.337 e. The summed E-state index contributed by atoms with van der Waals surface area (Å²) in [7, 11) is 1.99. The van der Waals surface area contributed by atoms with Crippen LogP contribution in [0.25, 0.3) is 5.69 Å². The summed E-state index contributed by atoms with van der Waals surface area (Å²) in [6, 6.07) is 4.61. The first-order valence-corrected chi connectivity index (χ1v) is 7.57. The molecule has 0 unspecified atom stereocenters. The summed E-state index contributed by atoms with van der Waals surface area (Å²) in [6.07, 6.45) is 4.81. The highest BCUT2D eigenvalue weighted by molar-refractivity contribution is 5.73. The lowest BCUT2D eigenvalue weighted by atomic mass is 10.2. The van der Waals surface area contributed by atoms with Crippen LogP contribution in [-0.4, -0.2) is 47.2 Å². The molecule has 1 heterocycles. The summed E-state index contributed by atoms with van der Waals surface area (Å²) in [5, 5.41) is 5.49. The Labute approximate surface area is 135 Å². The van der Waals surface area contributed by atoms with E-state index in [1.54, 1.807) is 29.1 Å². The Morgan fingerprint density at radius 1 is 1.39 bits per heavy atom. The van der Waals surface area contributed by atoms with Gasteiger partial charge in [-0.05, 0) is 31.3 Å². The topological polar surface area (TPSA) is 62.2 Å². The van der Waals surface area contributed by atoms with Crippen molar-refractivity contribution in [2.45, 2.75) is 13.5 Å². The molecule has 1 aromatic heterocycles. The predicted octanol–water partition coefficient (Wildman–Crippen LogP) is 1.76. The third-order valence-electron chi connectivity index (χ3n) is 3.57. The highest BCUT2D eigenvalue weighted by Gasteiger charge is 2.06. The first kappa shape index (κ1) is 17.0. The van der Waals surface area contributed by atoms with Gasteiger partial charge in [-0.2, -0.15) is 0 Å². The van der Waals surface area contributed by atoms with Gasteiger partial charge in [-0.1, -0.05) is 13.0 Å². The maximum atomic E-state index is 14.1. The minimum Gasteiger partial charge on any atom is -0.337 e. The van der Waals surface area contributed by atoms with Crippen molar-refractivity contribution in [1.82, 2.24) is 25.1 Å². The smallest absolute Gasteiger partial charge is 0.315 e. The third kappa shape index (κ3) is 5.07. The molecule has 0 bridgehead atoms. The van der Waals surface area contributed by atoms with Gasteiger partial charge in [0.1, 0.15) is 5.82 Å². The molecular weight excluding hydrogens is 297 g/mol. The molecule has 6 nitrogen and oxygen atoms in total. The first-order chi connectivity index (χ1) is 11.1. The fraction of sp³-hybridized carbons (Fsp3) is 0.375. The van der Waals surface area contributed by atoms with Crippen molar-refractivity contribution in [3.05, 3.63) is 48.3 Å². The highest BCUT2D eigenvalue weighted by Crippen LogP contribution is 2.14. The number of halogens is 1. The second kappa shape index (κ2) is 8.28. The Kier molecular flexibility index (Phi) is 6.10. The van der Waals surface area contributed by atoms with Crippen molar-refractivity contribution in [3.8, 4) is 5.69 Å². The van der Waals surface area contributed by atoms with E-state index < -0.39 is 0 Å². The van der Waals surface area contributed by atoms with Crippen molar-refractivity contribution >= 4 is 6.03 Å². The van der Waals surface area contributed by atoms with Crippen LogP contribution in [0.5, 0.6) is 0 Å². The molecule has 0 fully saturated rings. The van der Waals surface area contributed by atoms with Gasteiger partial charge in [0.2, 0.25) is 0 Å². The number of hydrogen-bond donors (Lipinski definition) is 2. The number of likely N-dealkylation sites (N-methyl/N-ethyl adjacent to an activating group) is 1. The van der Waals surface area contributed by atoms with Gasteiger partial charge in [0.05, 0.1) is 12.0 Å². The zero-order chi connectivity index (χ0) is 16.7. The van der Waals surface area contributed by atoms with Gasteiger partial charge in [0.15, 0.2) is 0 Å². The van der Waals surface area contributed by atoms with Crippen LogP contribution in [0.4, 0.5) is 9.18 Å². The maximum absolute atomic E-state index is 14.1. The fourth-order valence-corrected chi connectivity index (χ4v) is 2.03. The van der Waals surface area contributed by atoms with Crippen molar-refractivity contribution in [2.75, 3.05) is 26.7 Å². The van der Waals surface area contributed by atoms with E-state index >= 15 is 0 Å². The van der Waals surface area contributed by atoms with Crippen molar-refractivity contribution in [1.29, 1.82) is 0 Å². The molecule has 2 rings (SSSR count). The summed E-state index contributed by atoms with van der Waals surface area (Å²) >= 11 is 0. The average molecular weight is 319 g/mol. The first-order valence-electron chi connectivity index (χ1n) is 7.57. The molecule has 7 heteroatoms. The molecule has 0 aliphatic heterocycles. The van der Waals surface area contributed by atoms with Crippen molar-refractivity contribution in [2.24, 2.45) is 0 Å². The standard InChI is InChI=1S/C16H22FN5O/c1-3-21(2)8-7-19-16(23)20-11-13-4-5-15(14(17)10-13)22-9-6-18-12-22/h4-6,9-10,12H,3,7-8,11H2,1-2H3,(H2,19,20,23). The molecule has 1 aromatic carbocycles. The van der Waals surface area contributed by atoms with Crippen LogP contribution in [-0.2, 0) is 6.54 Å². The van der Waals surface area contributed by atoms with Crippen LogP contribution < -0.4 is 10.6 Å². The lowest BCUT2D eigenvalue weighted by Crippen LogP contribution is -2.39. The van der Waals surface area contributed by atoms with Crippen molar-refractivity contribution < 1.29 is 9.18 Å². The second-order valence-electron chi connectivity index (χ2n) is 5.26. The van der Waals surface area contributed by atoms with E-state index in [1.807, 2.05) is 7.05 Å². The number of hydrogen-bond acceptors (Lipinski definition) is 3. The van der Waals surface area contributed by atoms with Gasteiger partial charge in [0, 0.05) is 32.0 Å². The van der Waals surface area contributed by atoms with E-state index in [1.165, 1.54) is 12.4 Å². The lowest BCUT2D eigenvalue weighted by Gasteiger charge is -2.14. The van der Waals surface area contributed by atoms with Crippen LogP contribution in [0.1, 0.15) is 12.5 Å². The molecule has 0 spiro atoms. The van der Waals surface area contributed by atoms with Crippen LogP contribution >= 0.6 is 0 Å². The number of carbonyl (C=O) groups is 1. The van der Waals surface area contributed by atoms with Crippen LogP contribution in [0.15, 0.2) is 36.9 Å². The molecule has 2 amide bonds. The number of nitrogens with one attached hydrogen (secondary N) is 2. The number of carbonyl (C=O) groups excluding carboxylic acids is 1. The van der Waals surface area contributed by atoms with Gasteiger partial charge >= 0.3 is 6.03 Å². The quantitative estimate of drug-likeness (QED) is 0.817. The highest BCUT2D eigenvalue weighted by atomic mass is 19.1. The van der Waals surface area contributed by atoms with Gasteiger partial charge in [-0.25, -0.2) is 14.2 Å². The molecule has 124 valence electrons. The number of imidazole rings is 1. The summed E-state index contributed by atoms with van der Waals surface area (Å²) < 4.78 is 15.7.